The third-order valence-electron chi connectivity index (χ3n) is 3.53. The summed E-state index contributed by atoms with van der Waals surface area (Å²) < 4.78 is 18.0. The summed E-state index contributed by atoms with van der Waals surface area (Å²) in [6, 6.07) is 13.6. The summed E-state index contributed by atoms with van der Waals surface area (Å²) >= 11 is 0. The first kappa shape index (κ1) is 17.5. The van der Waals surface area contributed by atoms with Gasteiger partial charge in [-0.2, -0.15) is 0 Å². The van der Waals surface area contributed by atoms with Crippen LogP contribution >= 0.6 is 0 Å². The first-order valence-electron chi connectivity index (χ1n) is 7.59. The van der Waals surface area contributed by atoms with E-state index in [1.807, 2.05) is 0 Å². The molecule has 0 aliphatic carbocycles. The van der Waals surface area contributed by atoms with Gasteiger partial charge < -0.3 is 9.53 Å². The number of hydrogen-bond acceptors (Lipinski definition) is 4. The fourth-order valence-electron chi connectivity index (χ4n) is 2.21. The molecule has 0 spiro atoms. The molecule has 0 bridgehead atoms. The molecule has 124 valence electrons. The highest BCUT2D eigenvalue weighted by atomic mass is 19.1. The first-order valence-corrected chi connectivity index (χ1v) is 7.59. The van der Waals surface area contributed by atoms with Gasteiger partial charge in [0.2, 0.25) is 0 Å². The van der Waals surface area contributed by atoms with Crippen LogP contribution in [0.3, 0.4) is 0 Å². The van der Waals surface area contributed by atoms with E-state index in [0.717, 1.165) is 0 Å². The molecule has 2 aromatic carbocycles. The van der Waals surface area contributed by atoms with Crippen molar-refractivity contribution in [3.63, 3.8) is 0 Å². The van der Waals surface area contributed by atoms with Crippen LogP contribution in [0.25, 0.3) is 0 Å². The fourth-order valence-corrected chi connectivity index (χ4v) is 2.21. The smallest absolute Gasteiger partial charge is 0.338 e. The van der Waals surface area contributed by atoms with Crippen LogP contribution in [0, 0.1) is 11.7 Å². The molecule has 0 aliphatic heterocycles. The molecule has 24 heavy (non-hydrogen) atoms. The molecule has 0 radical (unpaired) electrons. The minimum absolute atomic E-state index is 0.120. The van der Waals surface area contributed by atoms with Crippen molar-refractivity contribution >= 4 is 18.0 Å². The van der Waals surface area contributed by atoms with E-state index in [-0.39, 0.29) is 24.4 Å². The van der Waals surface area contributed by atoms with Gasteiger partial charge in [0.25, 0.3) is 0 Å². The van der Waals surface area contributed by atoms with E-state index in [4.69, 9.17) is 4.74 Å². The van der Waals surface area contributed by atoms with Gasteiger partial charge in [-0.3, -0.25) is 4.79 Å². The average Bonchev–Trinajstić information content (AvgIpc) is 2.62. The van der Waals surface area contributed by atoms with Gasteiger partial charge in [0, 0.05) is 5.56 Å². The Kier molecular flexibility index (Phi) is 6.37. The molecule has 0 amide bonds. The largest absolute Gasteiger partial charge is 0.462 e. The number of esters is 1. The Bertz CT molecular complexity index is 695. The Morgan fingerprint density at radius 1 is 1.00 bits per heavy atom. The van der Waals surface area contributed by atoms with E-state index in [2.05, 4.69) is 0 Å². The van der Waals surface area contributed by atoms with Crippen molar-refractivity contribution in [3.8, 4) is 0 Å². The first-order chi connectivity index (χ1) is 11.6. The summed E-state index contributed by atoms with van der Waals surface area (Å²) in [4.78, 5) is 35.1. The molecule has 0 aliphatic rings. The average molecular weight is 328 g/mol. The van der Waals surface area contributed by atoms with Crippen LogP contribution in [0.15, 0.2) is 54.6 Å². The summed E-state index contributed by atoms with van der Waals surface area (Å²) in [6.07, 6.45) is 1.22. The highest BCUT2D eigenvalue weighted by molar-refractivity contribution is 6.05. The van der Waals surface area contributed by atoms with E-state index in [0.29, 0.717) is 18.3 Å². The lowest BCUT2D eigenvalue weighted by Crippen LogP contribution is -2.17. The number of halogens is 1. The maximum atomic E-state index is 12.9. The molecule has 5 heteroatoms. The van der Waals surface area contributed by atoms with Crippen molar-refractivity contribution in [2.75, 3.05) is 6.61 Å². The van der Waals surface area contributed by atoms with Crippen molar-refractivity contribution in [3.05, 3.63) is 71.5 Å². The summed E-state index contributed by atoms with van der Waals surface area (Å²) in [7, 11) is 0. The van der Waals surface area contributed by atoms with Gasteiger partial charge in [0.05, 0.1) is 18.1 Å². The lowest BCUT2D eigenvalue weighted by Gasteiger charge is -2.10. The summed E-state index contributed by atoms with van der Waals surface area (Å²) in [5.41, 5.74) is 0.738. The third kappa shape index (κ3) is 4.84. The number of carbonyl (C=O) groups excluding carboxylic acids is 3. The van der Waals surface area contributed by atoms with Crippen LogP contribution in [0.2, 0.25) is 0 Å². The van der Waals surface area contributed by atoms with Gasteiger partial charge in [0.15, 0.2) is 5.78 Å². The van der Waals surface area contributed by atoms with Crippen molar-refractivity contribution in [2.45, 2.75) is 12.8 Å². The highest BCUT2D eigenvalue weighted by Gasteiger charge is 2.19. The molecule has 0 aromatic heterocycles. The molecule has 4 nitrogen and oxygen atoms in total. The lowest BCUT2D eigenvalue weighted by atomic mass is 9.95. The van der Waals surface area contributed by atoms with Crippen LogP contribution < -0.4 is 0 Å². The number of benzene rings is 2. The SMILES string of the molecule is O=CC(CCCOC(=O)c1ccccc1)C(=O)c1ccc(F)cc1. The van der Waals surface area contributed by atoms with Crippen molar-refractivity contribution in [2.24, 2.45) is 5.92 Å². The zero-order valence-corrected chi connectivity index (χ0v) is 13.0. The Hall–Kier alpha value is -2.82. The van der Waals surface area contributed by atoms with Crippen LogP contribution in [0.5, 0.6) is 0 Å². The monoisotopic (exact) mass is 328 g/mol. The van der Waals surface area contributed by atoms with Crippen molar-refractivity contribution in [1.82, 2.24) is 0 Å². The standard InChI is InChI=1S/C19H17FO4/c20-17-10-8-14(9-11-17)18(22)16(13-21)7-4-12-24-19(23)15-5-2-1-3-6-15/h1-3,5-6,8-11,13,16H,4,7,12H2. The van der Waals surface area contributed by atoms with Crippen LogP contribution in [-0.2, 0) is 9.53 Å². The second kappa shape index (κ2) is 8.72. The number of carbonyl (C=O) groups is 3. The molecular formula is C19H17FO4. The minimum atomic E-state index is -0.828. The Balaban J connectivity index is 1.81. The summed E-state index contributed by atoms with van der Waals surface area (Å²) in [5.74, 6) is -2.07. The van der Waals surface area contributed by atoms with E-state index in [1.165, 1.54) is 24.3 Å². The number of Topliss-reactive ketones (excluding diaryl/α,β-unsaturated/α-hetero) is 1. The molecule has 0 N–H and O–H groups in total. The molecule has 0 saturated heterocycles. The number of ketones is 1. The zero-order chi connectivity index (χ0) is 17.4. The van der Waals surface area contributed by atoms with Gasteiger partial charge in [-0.05, 0) is 49.2 Å². The van der Waals surface area contributed by atoms with Gasteiger partial charge in [-0.1, -0.05) is 18.2 Å². The van der Waals surface area contributed by atoms with E-state index < -0.39 is 17.7 Å². The quantitative estimate of drug-likeness (QED) is 0.245. The molecule has 0 saturated carbocycles. The van der Waals surface area contributed by atoms with Crippen molar-refractivity contribution < 1.29 is 23.5 Å². The molecule has 0 fully saturated rings. The normalized spacial score (nSPS) is 11.5. The maximum Gasteiger partial charge on any atom is 0.338 e. The number of rotatable bonds is 8. The second-order valence-corrected chi connectivity index (χ2v) is 5.26. The molecule has 1 unspecified atom stereocenters. The van der Waals surface area contributed by atoms with E-state index in [9.17, 15) is 18.8 Å². The van der Waals surface area contributed by atoms with E-state index in [1.54, 1.807) is 30.3 Å². The van der Waals surface area contributed by atoms with Gasteiger partial charge in [-0.25, -0.2) is 9.18 Å². The molecule has 2 rings (SSSR count). The Labute approximate surface area is 139 Å². The second-order valence-electron chi connectivity index (χ2n) is 5.26. The molecular weight excluding hydrogens is 311 g/mol. The topological polar surface area (TPSA) is 60.4 Å². The third-order valence-corrected chi connectivity index (χ3v) is 3.53. The fraction of sp³-hybridized carbons (Fsp3) is 0.211. The number of hydrogen-bond donors (Lipinski definition) is 0. The van der Waals surface area contributed by atoms with Gasteiger partial charge >= 0.3 is 5.97 Å². The number of ether oxygens (including phenoxy) is 1. The lowest BCUT2D eigenvalue weighted by molar-refractivity contribution is -0.110. The zero-order valence-electron chi connectivity index (χ0n) is 13.0. The van der Waals surface area contributed by atoms with Crippen molar-refractivity contribution in [1.29, 1.82) is 0 Å². The van der Waals surface area contributed by atoms with E-state index >= 15 is 0 Å². The highest BCUT2D eigenvalue weighted by Crippen LogP contribution is 2.14. The maximum absolute atomic E-state index is 12.9. The minimum Gasteiger partial charge on any atom is -0.462 e. The Morgan fingerprint density at radius 3 is 2.29 bits per heavy atom. The predicted octanol–water partition coefficient (Wildman–Crippen LogP) is 3.46. The number of aldehydes is 1. The van der Waals surface area contributed by atoms with Crippen LogP contribution in [0.4, 0.5) is 4.39 Å². The summed E-state index contributed by atoms with van der Waals surface area (Å²) in [6.45, 7) is 0.120. The van der Waals surface area contributed by atoms with Crippen LogP contribution in [-0.4, -0.2) is 24.6 Å². The summed E-state index contributed by atoms with van der Waals surface area (Å²) in [5, 5.41) is 0. The van der Waals surface area contributed by atoms with Gasteiger partial charge in [-0.15, -0.1) is 0 Å². The molecule has 0 heterocycles. The predicted molar refractivity (Wildman–Crippen MR) is 86.2 cm³/mol. The Morgan fingerprint density at radius 2 is 1.67 bits per heavy atom. The molecule has 1 atom stereocenters. The van der Waals surface area contributed by atoms with Gasteiger partial charge in [0.1, 0.15) is 12.1 Å². The molecule has 2 aromatic rings. The van der Waals surface area contributed by atoms with Crippen LogP contribution in [0.1, 0.15) is 33.6 Å².